The molecule has 0 radical (unpaired) electrons. The first-order chi connectivity index (χ1) is 7.36. The van der Waals surface area contributed by atoms with Crippen molar-refractivity contribution in [1.82, 2.24) is 13.8 Å². The Bertz CT molecular complexity index is 651. The van der Waals surface area contributed by atoms with E-state index >= 15 is 0 Å². The molecular formula is C10H7N3OSe. The molecule has 0 saturated carbocycles. The van der Waals surface area contributed by atoms with Crippen LogP contribution in [0.1, 0.15) is 0 Å². The van der Waals surface area contributed by atoms with Crippen LogP contribution in [0.3, 0.4) is 0 Å². The first-order valence-corrected chi connectivity index (χ1v) is 6.09. The summed E-state index contributed by atoms with van der Waals surface area (Å²) in [7, 11) is 0. The van der Waals surface area contributed by atoms with Crippen molar-refractivity contribution in [2.24, 2.45) is 0 Å². The summed E-state index contributed by atoms with van der Waals surface area (Å²) in [4.78, 5) is 12.0. The zero-order chi connectivity index (χ0) is 10.3. The van der Waals surface area contributed by atoms with Crippen LogP contribution >= 0.6 is 0 Å². The molecule has 5 heteroatoms. The van der Waals surface area contributed by atoms with E-state index in [1.165, 1.54) is 0 Å². The van der Waals surface area contributed by atoms with Gasteiger partial charge < -0.3 is 0 Å². The molecule has 0 aliphatic heterocycles. The van der Waals surface area contributed by atoms with Crippen LogP contribution in [0.25, 0.3) is 15.3 Å². The van der Waals surface area contributed by atoms with Crippen molar-refractivity contribution in [3.05, 3.63) is 47.0 Å². The summed E-state index contributed by atoms with van der Waals surface area (Å²) in [6.45, 7) is 0. The SMILES string of the molecule is O=c1c2ccccc2[se]n1-c1cn[nH]c1. The molecule has 0 fully saturated rings. The molecule has 3 rings (SSSR count). The minimum absolute atomic E-state index is 0.0392. The van der Waals surface area contributed by atoms with Gasteiger partial charge in [0.15, 0.2) is 0 Å². The fraction of sp³-hybridized carbons (Fsp3) is 0. The summed E-state index contributed by atoms with van der Waals surface area (Å²) in [5.74, 6) is 0. The van der Waals surface area contributed by atoms with Crippen LogP contribution in [0.4, 0.5) is 0 Å². The van der Waals surface area contributed by atoms with Crippen molar-refractivity contribution >= 4 is 24.4 Å². The molecule has 0 bridgehead atoms. The summed E-state index contributed by atoms with van der Waals surface area (Å²) >= 11 is 0.0392. The Kier molecular flexibility index (Phi) is 1.87. The molecule has 1 aromatic carbocycles. The van der Waals surface area contributed by atoms with Gasteiger partial charge in [0.05, 0.1) is 0 Å². The van der Waals surface area contributed by atoms with Gasteiger partial charge in [0, 0.05) is 0 Å². The number of fused-ring (bicyclic) bond motifs is 1. The molecule has 1 N–H and O–H groups in total. The molecule has 0 spiro atoms. The number of aromatic nitrogens is 3. The summed E-state index contributed by atoms with van der Waals surface area (Å²) in [5.41, 5.74) is 0.920. The zero-order valence-electron chi connectivity index (χ0n) is 7.68. The number of benzene rings is 1. The number of nitrogens with one attached hydrogen (secondary N) is 1. The zero-order valence-corrected chi connectivity index (χ0v) is 9.39. The van der Waals surface area contributed by atoms with Gasteiger partial charge in [0.25, 0.3) is 0 Å². The van der Waals surface area contributed by atoms with Crippen LogP contribution in [0.5, 0.6) is 0 Å². The van der Waals surface area contributed by atoms with Crippen LogP contribution in [0, 0.1) is 0 Å². The Morgan fingerprint density at radius 3 is 2.93 bits per heavy atom. The minimum atomic E-state index is 0.0392. The second kappa shape index (κ2) is 3.22. The average molecular weight is 264 g/mol. The monoisotopic (exact) mass is 265 g/mol. The van der Waals surface area contributed by atoms with Crippen molar-refractivity contribution in [3.8, 4) is 5.69 Å². The van der Waals surface area contributed by atoms with E-state index in [0.29, 0.717) is 0 Å². The second-order valence-electron chi connectivity index (χ2n) is 3.14. The topological polar surface area (TPSA) is 50.7 Å². The van der Waals surface area contributed by atoms with Gasteiger partial charge in [-0.1, -0.05) is 0 Å². The molecule has 0 aliphatic carbocycles. The summed E-state index contributed by atoms with van der Waals surface area (Å²) in [5, 5.41) is 7.39. The van der Waals surface area contributed by atoms with Gasteiger partial charge >= 0.3 is 90.8 Å². The van der Waals surface area contributed by atoms with E-state index in [9.17, 15) is 4.79 Å². The maximum atomic E-state index is 12.0. The van der Waals surface area contributed by atoms with Crippen molar-refractivity contribution in [2.45, 2.75) is 0 Å². The molecule has 15 heavy (non-hydrogen) atoms. The Balaban J connectivity index is 2.38. The van der Waals surface area contributed by atoms with E-state index in [1.807, 2.05) is 24.3 Å². The quantitative estimate of drug-likeness (QED) is 0.660. The number of H-pyrrole nitrogens is 1. The van der Waals surface area contributed by atoms with Gasteiger partial charge in [-0.2, -0.15) is 0 Å². The van der Waals surface area contributed by atoms with E-state index in [2.05, 4.69) is 10.2 Å². The van der Waals surface area contributed by atoms with E-state index in [4.69, 9.17) is 0 Å². The Morgan fingerprint density at radius 2 is 2.20 bits per heavy atom. The second-order valence-corrected chi connectivity index (χ2v) is 5.22. The van der Waals surface area contributed by atoms with Crippen molar-refractivity contribution in [2.75, 3.05) is 0 Å². The van der Waals surface area contributed by atoms with E-state index in [-0.39, 0.29) is 20.3 Å². The Labute approximate surface area is 91.1 Å². The number of rotatable bonds is 1. The molecule has 0 amide bonds. The predicted molar refractivity (Wildman–Crippen MR) is 58.6 cm³/mol. The molecule has 0 aliphatic rings. The predicted octanol–water partition coefficient (Wildman–Crippen LogP) is 0.771. The van der Waals surface area contributed by atoms with Gasteiger partial charge in [-0.3, -0.25) is 0 Å². The molecule has 0 atom stereocenters. The number of hydrogen-bond acceptors (Lipinski definition) is 2. The van der Waals surface area contributed by atoms with Crippen molar-refractivity contribution < 1.29 is 0 Å². The summed E-state index contributed by atoms with van der Waals surface area (Å²) in [6.07, 6.45) is 3.41. The van der Waals surface area contributed by atoms with Crippen LogP contribution in [0.15, 0.2) is 41.5 Å². The van der Waals surface area contributed by atoms with Crippen LogP contribution < -0.4 is 5.56 Å². The number of nitrogens with zero attached hydrogens (tertiary/aromatic N) is 2. The molecule has 74 valence electrons. The van der Waals surface area contributed by atoms with E-state index in [1.54, 1.807) is 16.0 Å². The molecule has 2 aromatic heterocycles. The standard InChI is InChI=1S/C10H7N3OSe/c14-10-8-3-1-2-4-9(8)15-13(10)7-5-11-12-6-7/h1-6H,(H,11,12). The number of aromatic amines is 1. The van der Waals surface area contributed by atoms with Gasteiger partial charge in [0.1, 0.15) is 0 Å². The van der Waals surface area contributed by atoms with Gasteiger partial charge in [-0.25, -0.2) is 0 Å². The third-order valence-corrected chi connectivity index (χ3v) is 4.54. The van der Waals surface area contributed by atoms with Crippen molar-refractivity contribution in [3.63, 3.8) is 0 Å². The summed E-state index contributed by atoms with van der Waals surface area (Å²) < 4.78 is 2.91. The third kappa shape index (κ3) is 1.28. The van der Waals surface area contributed by atoms with Crippen LogP contribution in [-0.2, 0) is 0 Å². The molecule has 0 unspecified atom stereocenters. The van der Waals surface area contributed by atoms with E-state index in [0.717, 1.165) is 15.3 Å². The maximum absolute atomic E-state index is 12.0. The summed E-state index contributed by atoms with van der Waals surface area (Å²) in [6, 6.07) is 7.74. The fourth-order valence-corrected chi connectivity index (χ4v) is 3.55. The van der Waals surface area contributed by atoms with Gasteiger partial charge in [0.2, 0.25) is 0 Å². The molecule has 2 heterocycles. The molecule has 4 nitrogen and oxygen atoms in total. The molecular weight excluding hydrogens is 257 g/mol. The average Bonchev–Trinajstić information content (AvgIpc) is 2.87. The molecule has 3 aromatic rings. The first-order valence-electron chi connectivity index (χ1n) is 4.46. The Hall–Kier alpha value is -1.58. The van der Waals surface area contributed by atoms with Crippen LogP contribution in [-0.4, -0.2) is 28.5 Å². The van der Waals surface area contributed by atoms with Crippen molar-refractivity contribution in [1.29, 1.82) is 0 Å². The molecule has 0 saturated heterocycles. The first kappa shape index (κ1) is 8.71. The third-order valence-electron chi connectivity index (χ3n) is 2.21. The fourth-order valence-electron chi connectivity index (χ4n) is 1.50. The van der Waals surface area contributed by atoms with Crippen LogP contribution in [0.2, 0.25) is 0 Å². The van der Waals surface area contributed by atoms with Gasteiger partial charge in [-0.05, 0) is 0 Å². The normalized spacial score (nSPS) is 10.9. The number of hydrogen-bond donors (Lipinski definition) is 1. The van der Waals surface area contributed by atoms with Gasteiger partial charge in [-0.15, -0.1) is 0 Å². The van der Waals surface area contributed by atoms with E-state index < -0.39 is 0 Å². The Morgan fingerprint density at radius 1 is 1.33 bits per heavy atom.